The van der Waals surface area contributed by atoms with Crippen LogP contribution in [0.15, 0.2) is 42.5 Å². The molecule has 0 aliphatic rings. The first kappa shape index (κ1) is 14.5. The highest BCUT2D eigenvalue weighted by Gasteiger charge is 2.15. The predicted octanol–water partition coefficient (Wildman–Crippen LogP) is 3.60. The maximum Gasteiger partial charge on any atom is 0.269 e. The average Bonchev–Trinajstić information content (AvgIpc) is 2.47. The Morgan fingerprint density at radius 2 is 1.71 bits per heavy atom. The van der Waals surface area contributed by atoms with Crippen LogP contribution in [0.25, 0.3) is 0 Å². The van der Waals surface area contributed by atoms with E-state index in [9.17, 15) is 14.9 Å². The number of carbonyl (C=O) groups is 1. The summed E-state index contributed by atoms with van der Waals surface area (Å²) in [5.74, 6) is 0.971. The standard InChI is InChI=1S/C15H13NO5/c1-10(17)15-13(20-2)4-3-5-14(15)21-12-8-6-11(7-9-12)16(18)19/h3-9H,1-2H3. The van der Waals surface area contributed by atoms with Gasteiger partial charge in [-0.1, -0.05) is 6.07 Å². The Hall–Kier alpha value is -2.89. The molecule has 0 unspecified atom stereocenters. The van der Waals surface area contributed by atoms with E-state index in [1.807, 2.05) is 0 Å². The molecular formula is C15H13NO5. The van der Waals surface area contributed by atoms with E-state index in [1.165, 1.54) is 38.3 Å². The second-order valence-electron chi connectivity index (χ2n) is 4.24. The highest BCUT2D eigenvalue weighted by molar-refractivity contribution is 5.99. The first-order chi connectivity index (χ1) is 10.0. The molecule has 0 N–H and O–H groups in total. The van der Waals surface area contributed by atoms with Crippen LogP contribution in [0.5, 0.6) is 17.2 Å². The molecule has 108 valence electrons. The SMILES string of the molecule is COc1cccc(Oc2ccc([N+](=O)[O-])cc2)c1C(C)=O. The summed E-state index contributed by atoms with van der Waals surface area (Å²) in [5.41, 5.74) is 0.304. The van der Waals surface area contributed by atoms with Gasteiger partial charge in [-0.2, -0.15) is 0 Å². The van der Waals surface area contributed by atoms with Gasteiger partial charge in [0.1, 0.15) is 22.8 Å². The van der Waals surface area contributed by atoms with E-state index in [0.717, 1.165) is 0 Å². The lowest BCUT2D eigenvalue weighted by Crippen LogP contribution is -2.01. The van der Waals surface area contributed by atoms with Crippen molar-refractivity contribution in [2.45, 2.75) is 6.92 Å². The van der Waals surface area contributed by atoms with Crippen LogP contribution in [0.4, 0.5) is 5.69 Å². The summed E-state index contributed by atoms with van der Waals surface area (Å²) in [6.07, 6.45) is 0. The molecule has 0 saturated carbocycles. The molecule has 0 bridgehead atoms. The van der Waals surface area contributed by atoms with Gasteiger partial charge in [-0.3, -0.25) is 14.9 Å². The molecule has 0 heterocycles. The van der Waals surface area contributed by atoms with Crippen LogP contribution in [0, 0.1) is 10.1 Å². The van der Waals surface area contributed by atoms with Gasteiger partial charge in [0.2, 0.25) is 0 Å². The van der Waals surface area contributed by atoms with Crippen molar-refractivity contribution in [2.24, 2.45) is 0 Å². The lowest BCUT2D eigenvalue weighted by Gasteiger charge is -2.12. The zero-order chi connectivity index (χ0) is 15.4. The molecule has 6 nitrogen and oxygen atoms in total. The summed E-state index contributed by atoms with van der Waals surface area (Å²) in [7, 11) is 1.47. The van der Waals surface area contributed by atoms with Gasteiger partial charge >= 0.3 is 0 Å². The topological polar surface area (TPSA) is 78.7 Å². The summed E-state index contributed by atoms with van der Waals surface area (Å²) in [6.45, 7) is 1.42. The Bertz CT molecular complexity index is 679. The van der Waals surface area contributed by atoms with Gasteiger partial charge in [0.15, 0.2) is 5.78 Å². The number of hydrogen-bond acceptors (Lipinski definition) is 5. The zero-order valence-corrected chi connectivity index (χ0v) is 11.5. The van der Waals surface area contributed by atoms with Gasteiger partial charge in [-0.25, -0.2) is 0 Å². The third-order valence-electron chi connectivity index (χ3n) is 2.84. The summed E-state index contributed by atoms with van der Waals surface area (Å²) in [5, 5.41) is 10.6. The minimum atomic E-state index is -0.490. The van der Waals surface area contributed by atoms with Crippen LogP contribution in [-0.2, 0) is 0 Å². The number of hydrogen-bond donors (Lipinski definition) is 0. The third kappa shape index (κ3) is 3.17. The van der Waals surface area contributed by atoms with Crippen molar-refractivity contribution >= 4 is 11.5 Å². The van der Waals surface area contributed by atoms with E-state index in [4.69, 9.17) is 9.47 Å². The fraction of sp³-hybridized carbons (Fsp3) is 0.133. The largest absolute Gasteiger partial charge is 0.496 e. The first-order valence-corrected chi connectivity index (χ1v) is 6.13. The predicted molar refractivity (Wildman–Crippen MR) is 76.2 cm³/mol. The van der Waals surface area contributed by atoms with E-state index in [1.54, 1.807) is 18.2 Å². The average molecular weight is 287 g/mol. The Morgan fingerprint density at radius 1 is 1.10 bits per heavy atom. The fourth-order valence-electron chi connectivity index (χ4n) is 1.88. The minimum Gasteiger partial charge on any atom is -0.496 e. The van der Waals surface area contributed by atoms with E-state index in [2.05, 4.69) is 0 Å². The van der Waals surface area contributed by atoms with Crippen molar-refractivity contribution in [3.63, 3.8) is 0 Å². The summed E-state index contributed by atoms with van der Waals surface area (Å²) < 4.78 is 10.8. The number of rotatable bonds is 5. The smallest absolute Gasteiger partial charge is 0.269 e. The van der Waals surface area contributed by atoms with Crippen molar-refractivity contribution < 1.29 is 19.2 Å². The van der Waals surface area contributed by atoms with Crippen LogP contribution >= 0.6 is 0 Å². The number of benzene rings is 2. The molecule has 0 saturated heterocycles. The van der Waals surface area contributed by atoms with Crippen LogP contribution in [0.2, 0.25) is 0 Å². The number of Topliss-reactive ketones (excluding diaryl/α,β-unsaturated/α-hetero) is 1. The molecule has 0 aromatic heterocycles. The highest BCUT2D eigenvalue weighted by Crippen LogP contribution is 2.32. The Kier molecular flexibility index (Phi) is 4.18. The lowest BCUT2D eigenvalue weighted by atomic mass is 10.1. The van der Waals surface area contributed by atoms with Gasteiger partial charge < -0.3 is 9.47 Å². The molecule has 2 aromatic carbocycles. The van der Waals surface area contributed by atoms with Crippen molar-refractivity contribution in [3.8, 4) is 17.2 Å². The maximum atomic E-state index is 11.7. The van der Waals surface area contributed by atoms with Gasteiger partial charge in [0, 0.05) is 12.1 Å². The Balaban J connectivity index is 2.35. The zero-order valence-electron chi connectivity index (χ0n) is 11.5. The quantitative estimate of drug-likeness (QED) is 0.477. The first-order valence-electron chi connectivity index (χ1n) is 6.13. The van der Waals surface area contributed by atoms with Crippen molar-refractivity contribution in [1.82, 2.24) is 0 Å². The molecule has 0 radical (unpaired) electrons. The molecular weight excluding hydrogens is 274 g/mol. The maximum absolute atomic E-state index is 11.7. The summed E-state index contributed by atoms with van der Waals surface area (Å²) >= 11 is 0. The van der Waals surface area contributed by atoms with Crippen molar-refractivity contribution in [1.29, 1.82) is 0 Å². The molecule has 2 aromatic rings. The molecule has 0 amide bonds. The molecule has 0 aliphatic carbocycles. The van der Waals surface area contributed by atoms with Crippen molar-refractivity contribution in [3.05, 3.63) is 58.1 Å². The summed E-state index contributed by atoms with van der Waals surface area (Å²) in [6, 6.07) is 10.6. The second kappa shape index (κ2) is 6.04. The van der Waals surface area contributed by atoms with Gasteiger partial charge in [0.25, 0.3) is 5.69 Å². The number of carbonyl (C=O) groups excluding carboxylic acids is 1. The third-order valence-corrected chi connectivity index (χ3v) is 2.84. The van der Waals surface area contributed by atoms with Crippen molar-refractivity contribution in [2.75, 3.05) is 7.11 Å². The number of ether oxygens (including phenoxy) is 2. The van der Waals surface area contributed by atoms with E-state index in [0.29, 0.717) is 22.8 Å². The number of methoxy groups -OCH3 is 1. The van der Waals surface area contributed by atoms with E-state index < -0.39 is 4.92 Å². The normalized spacial score (nSPS) is 10.0. The Morgan fingerprint density at radius 3 is 2.24 bits per heavy atom. The molecule has 6 heteroatoms. The molecule has 0 aliphatic heterocycles. The van der Waals surface area contributed by atoms with E-state index in [-0.39, 0.29) is 11.5 Å². The highest BCUT2D eigenvalue weighted by atomic mass is 16.6. The molecule has 0 atom stereocenters. The summed E-state index contributed by atoms with van der Waals surface area (Å²) in [4.78, 5) is 21.8. The van der Waals surface area contributed by atoms with E-state index >= 15 is 0 Å². The molecule has 2 rings (SSSR count). The number of nitrogens with zero attached hydrogens (tertiary/aromatic N) is 1. The number of nitro groups is 1. The number of nitro benzene ring substituents is 1. The van der Waals surface area contributed by atoms with Crippen LogP contribution in [-0.4, -0.2) is 17.8 Å². The molecule has 0 fully saturated rings. The van der Waals surface area contributed by atoms with Crippen LogP contribution < -0.4 is 9.47 Å². The van der Waals surface area contributed by atoms with Gasteiger partial charge in [-0.15, -0.1) is 0 Å². The fourth-order valence-corrected chi connectivity index (χ4v) is 1.88. The molecule has 0 spiro atoms. The minimum absolute atomic E-state index is 0.0280. The number of non-ortho nitro benzene ring substituents is 1. The lowest BCUT2D eigenvalue weighted by molar-refractivity contribution is -0.384. The monoisotopic (exact) mass is 287 g/mol. The Labute approximate surface area is 121 Å². The van der Waals surface area contributed by atoms with Crippen LogP contribution in [0.1, 0.15) is 17.3 Å². The number of ketones is 1. The molecule has 21 heavy (non-hydrogen) atoms. The van der Waals surface area contributed by atoms with Gasteiger partial charge in [-0.05, 0) is 31.2 Å². The second-order valence-corrected chi connectivity index (χ2v) is 4.24. The van der Waals surface area contributed by atoms with Gasteiger partial charge in [0.05, 0.1) is 12.0 Å². The van der Waals surface area contributed by atoms with Crippen LogP contribution in [0.3, 0.4) is 0 Å².